The fourth-order valence-electron chi connectivity index (χ4n) is 1.97. The Balaban J connectivity index is 2.93. The Morgan fingerprint density at radius 2 is 1.82 bits per heavy atom. The summed E-state index contributed by atoms with van der Waals surface area (Å²) < 4.78 is 33.0. The van der Waals surface area contributed by atoms with Gasteiger partial charge in [-0.25, -0.2) is 13.6 Å². The fraction of sp³-hybridized carbons (Fsp3) is 0.562. The summed E-state index contributed by atoms with van der Waals surface area (Å²) in [6, 6.07) is 2.26. The molecule has 1 amide bonds. The third kappa shape index (κ3) is 4.66. The van der Waals surface area contributed by atoms with Gasteiger partial charge in [-0.05, 0) is 51.0 Å². The number of hydrogen-bond acceptors (Lipinski definition) is 3. The minimum atomic E-state index is -0.935. The van der Waals surface area contributed by atoms with Gasteiger partial charge in [0.05, 0.1) is 0 Å². The molecule has 1 aromatic carbocycles. The molecule has 4 nitrogen and oxygen atoms in total. The van der Waals surface area contributed by atoms with Crippen LogP contribution in [0.25, 0.3) is 0 Å². The Morgan fingerprint density at radius 3 is 2.32 bits per heavy atom. The molecule has 1 unspecified atom stereocenters. The number of halogens is 2. The summed E-state index contributed by atoms with van der Waals surface area (Å²) >= 11 is 0. The molecule has 0 aliphatic heterocycles. The molecule has 0 aliphatic carbocycles. The molecular formula is C16H24F2N2O2. The molecule has 0 aromatic heterocycles. The van der Waals surface area contributed by atoms with Gasteiger partial charge >= 0.3 is 6.09 Å². The van der Waals surface area contributed by atoms with Gasteiger partial charge in [0, 0.05) is 18.5 Å². The highest BCUT2D eigenvalue weighted by molar-refractivity contribution is 5.67. The van der Waals surface area contributed by atoms with Crippen molar-refractivity contribution >= 4 is 6.09 Å². The van der Waals surface area contributed by atoms with Gasteiger partial charge in [-0.3, -0.25) is 0 Å². The molecule has 22 heavy (non-hydrogen) atoms. The number of ether oxygens (including phenoxy) is 1. The van der Waals surface area contributed by atoms with Crippen molar-refractivity contribution in [1.29, 1.82) is 0 Å². The number of carbonyl (C=O) groups excluding carboxylic acids is 1. The quantitative estimate of drug-likeness (QED) is 0.898. The summed E-state index contributed by atoms with van der Waals surface area (Å²) in [5.41, 5.74) is 4.52. The first-order chi connectivity index (χ1) is 9.98. The molecule has 0 radical (unpaired) electrons. The number of benzene rings is 1. The lowest BCUT2D eigenvalue weighted by Gasteiger charge is -2.30. The van der Waals surface area contributed by atoms with Crippen molar-refractivity contribution in [2.24, 2.45) is 5.73 Å². The van der Waals surface area contributed by atoms with Crippen LogP contribution in [0.5, 0.6) is 0 Å². The van der Waals surface area contributed by atoms with Gasteiger partial charge in [-0.15, -0.1) is 0 Å². The first-order valence-corrected chi connectivity index (χ1v) is 7.11. The van der Waals surface area contributed by atoms with Crippen LogP contribution in [0, 0.1) is 18.6 Å². The predicted octanol–water partition coefficient (Wildman–Crippen LogP) is 3.01. The smallest absolute Gasteiger partial charge is 0.407 e. The lowest BCUT2D eigenvalue weighted by atomic mass is 9.81. The first kappa shape index (κ1) is 18.4. The van der Waals surface area contributed by atoms with Gasteiger partial charge in [-0.2, -0.15) is 0 Å². The maximum absolute atomic E-state index is 14.1. The standard InChI is InChI=1S/C16H24F2N2O2/c1-10-6-13(18)11(7-12(10)17)16(5,8-19)9-20-14(21)22-15(2,3)4/h6-7H,8-9,19H2,1-5H3,(H,20,21). The SMILES string of the molecule is Cc1cc(F)c(C(C)(CN)CNC(=O)OC(C)(C)C)cc1F. The number of nitrogens with one attached hydrogen (secondary N) is 1. The predicted molar refractivity (Wildman–Crippen MR) is 81.7 cm³/mol. The number of amides is 1. The molecule has 0 fully saturated rings. The van der Waals surface area contributed by atoms with Crippen LogP contribution in [0.3, 0.4) is 0 Å². The second kappa shape index (κ2) is 6.60. The van der Waals surface area contributed by atoms with Crippen molar-refractivity contribution in [1.82, 2.24) is 5.32 Å². The van der Waals surface area contributed by atoms with Crippen molar-refractivity contribution in [2.75, 3.05) is 13.1 Å². The van der Waals surface area contributed by atoms with E-state index in [0.717, 1.165) is 12.1 Å². The Kier molecular flexibility index (Phi) is 5.51. The number of alkyl carbamates (subject to hydrolysis) is 1. The van der Waals surface area contributed by atoms with E-state index in [-0.39, 0.29) is 24.2 Å². The summed E-state index contributed by atoms with van der Waals surface area (Å²) in [5, 5.41) is 2.56. The first-order valence-electron chi connectivity index (χ1n) is 7.11. The molecule has 0 saturated heterocycles. The van der Waals surface area contributed by atoms with Gasteiger partial charge in [0.2, 0.25) is 0 Å². The monoisotopic (exact) mass is 314 g/mol. The molecule has 0 heterocycles. The van der Waals surface area contributed by atoms with E-state index in [1.54, 1.807) is 27.7 Å². The number of rotatable bonds is 4. The molecule has 0 spiro atoms. The number of hydrogen-bond donors (Lipinski definition) is 2. The van der Waals surface area contributed by atoms with Crippen LogP contribution in [0.2, 0.25) is 0 Å². The van der Waals surface area contributed by atoms with Crippen molar-refractivity contribution < 1.29 is 18.3 Å². The van der Waals surface area contributed by atoms with Crippen molar-refractivity contribution in [3.8, 4) is 0 Å². The molecule has 6 heteroatoms. The van der Waals surface area contributed by atoms with E-state index in [0.29, 0.717) is 0 Å². The lowest BCUT2D eigenvalue weighted by Crippen LogP contribution is -2.45. The van der Waals surface area contributed by atoms with Gasteiger partial charge in [0.1, 0.15) is 17.2 Å². The summed E-state index contributed by atoms with van der Waals surface area (Å²) in [6.45, 7) is 8.45. The zero-order chi connectivity index (χ0) is 17.1. The van der Waals surface area contributed by atoms with Gasteiger partial charge < -0.3 is 15.8 Å². The Labute approximate surface area is 130 Å². The highest BCUT2D eigenvalue weighted by atomic mass is 19.1. The molecule has 0 saturated carbocycles. The van der Waals surface area contributed by atoms with E-state index < -0.39 is 28.7 Å². The van der Waals surface area contributed by atoms with E-state index in [1.807, 2.05) is 0 Å². The van der Waals surface area contributed by atoms with Gasteiger partial charge in [0.25, 0.3) is 0 Å². The average molecular weight is 314 g/mol. The second-order valence-electron chi connectivity index (χ2n) is 6.70. The topological polar surface area (TPSA) is 64.3 Å². The average Bonchev–Trinajstić information content (AvgIpc) is 2.38. The van der Waals surface area contributed by atoms with E-state index >= 15 is 0 Å². The van der Waals surface area contributed by atoms with Crippen molar-refractivity contribution in [3.05, 3.63) is 34.9 Å². The normalized spacial score (nSPS) is 14.4. The Morgan fingerprint density at radius 1 is 1.23 bits per heavy atom. The third-order valence-electron chi connectivity index (χ3n) is 3.37. The van der Waals surface area contributed by atoms with Crippen LogP contribution >= 0.6 is 0 Å². The van der Waals surface area contributed by atoms with Crippen LogP contribution in [-0.2, 0) is 10.2 Å². The molecule has 0 aliphatic rings. The van der Waals surface area contributed by atoms with Gasteiger partial charge in [0.15, 0.2) is 0 Å². The van der Waals surface area contributed by atoms with Gasteiger partial charge in [-0.1, -0.05) is 6.92 Å². The van der Waals surface area contributed by atoms with Crippen LogP contribution in [0.1, 0.15) is 38.8 Å². The van der Waals surface area contributed by atoms with Crippen LogP contribution < -0.4 is 11.1 Å². The van der Waals surface area contributed by atoms with E-state index in [2.05, 4.69) is 5.32 Å². The molecular weight excluding hydrogens is 290 g/mol. The molecule has 1 atom stereocenters. The van der Waals surface area contributed by atoms with E-state index in [4.69, 9.17) is 10.5 Å². The number of aryl methyl sites for hydroxylation is 1. The van der Waals surface area contributed by atoms with Crippen molar-refractivity contribution in [2.45, 2.75) is 45.6 Å². The summed E-state index contributed by atoms with van der Waals surface area (Å²) in [6.07, 6.45) is -0.625. The van der Waals surface area contributed by atoms with Crippen LogP contribution in [0.15, 0.2) is 12.1 Å². The summed E-state index contributed by atoms with van der Waals surface area (Å²) in [7, 11) is 0. The maximum atomic E-state index is 14.1. The molecule has 0 bridgehead atoms. The van der Waals surface area contributed by atoms with E-state index in [9.17, 15) is 13.6 Å². The zero-order valence-electron chi connectivity index (χ0n) is 13.7. The summed E-state index contributed by atoms with van der Waals surface area (Å²) in [5.74, 6) is -1.05. The lowest BCUT2D eigenvalue weighted by molar-refractivity contribution is 0.0516. The van der Waals surface area contributed by atoms with E-state index in [1.165, 1.54) is 6.92 Å². The molecule has 1 rings (SSSR count). The van der Waals surface area contributed by atoms with Crippen LogP contribution in [0.4, 0.5) is 13.6 Å². The molecule has 1 aromatic rings. The number of nitrogens with two attached hydrogens (primary N) is 1. The van der Waals surface area contributed by atoms with Crippen molar-refractivity contribution in [3.63, 3.8) is 0 Å². The largest absolute Gasteiger partial charge is 0.444 e. The third-order valence-corrected chi connectivity index (χ3v) is 3.37. The summed E-state index contributed by atoms with van der Waals surface area (Å²) in [4.78, 5) is 11.7. The van der Waals surface area contributed by atoms with Crippen LogP contribution in [-0.4, -0.2) is 24.8 Å². The second-order valence-corrected chi connectivity index (χ2v) is 6.70. The minimum Gasteiger partial charge on any atom is -0.444 e. The molecule has 124 valence electrons. The highest BCUT2D eigenvalue weighted by Crippen LogP contribution is 2.27. The number of carbonyl (C=O) groups is 1. The minimum absolute atomic E-state index is 0.0395. The molecule has 3 N–H and O–H groups in total. The highest BCUT2D eigenvalue weighted by Gasteiger charge is 2.30. The Bertz CT molecular complexity index is 556. The Hall–Kier alpha value is -1.69. The fourth-order valence-corrected chi connectivity index (χ4v) is 1.97. The maximum Gasteiger partial charge on any atom is 0.407 e. The zero-order valence-corrected chi connectivity index (χ0v) is 13.7.